The fourth-order valence-corrected chi connectivity index (χ4v) is 3.42. The van der Waals surface area contributed by atoms with E-state index in [0.29, 0.717) is 6.04 Å². The Kier molecular flexibility index (Phi) is 4.07. The highest BCUT2D eigenvalue weighted by Crippen LogP contribution is 2.24. The van der Waals surface area contributed by atoms with Crippen molar-refractivity contribution in [1.82, 2.24) is 9.80 Å². The van der Waals surface area contributed by atoms with Gasteiger partial charge in [0.2, 0.25) is 0 Å². The van der Waals surface area contributed by atoms with Crippen LogP contribution in [0.4, 0.5) is 0 Å². The number of aryl methyl sites for hydroxylation is 2. The van der Waals surface area contributed by atoms with Gasteiger partial charge in [-0.2, -0.15) is 0 Å². The Morgan fingerprint density at radius 2 is 2.00 bits per heavy atom. The van der Waals surface area contributed by atoms with Crippen molar-refractivity contribution in [2.24, 2.45) is 0 Å². The molecule has 1 amide bonds. The molecule has 3 nitrogen and oxygen atoms in total. The molecule has 0 unspecified atom stereocenters. The van der Waals surface area contributed by atoms with Gasteiger partial charge in [0, 0.05) is 18.0 Å². The summed E-state index contributed by atoms with van der Waals surface area (Å²) in [5.74, 6) is 0.186. The van der Waals surface area contributed by atoms with Crippen LogP contribution < -0.4 is 0 Å². The van der Waals surface area contributed by atoms with Gasteiger partial charge >= 0.3 is 0 Å². The molecule has 0 atom stereocenters. The summed E-state index contributed by atoms with van der Waals surface area (Å²) in [5.41, 5.74) is 1.22. The third kappa shape index (κ3) is 2.75. The van der Waals surface area contributed by atoms with Crippen molar-refractivity contribution in [3.8, 4) is 0 Å². The van der Waals surface area contributed by atoms with E-state index in [1.54, 1.807) is 11.3 Å². The maximum absolute atomic E-state index is 12.4. The van der Waals surface area contributed by atoms with Gasteiger partial charge < -0.3 is 9.80 Å². The smallest absolute Gasteiger partial charge is 0.263 e. The van der Waals surface area contributed by atoms with Crippen LogP contribution in [-0.2, 0) is 0 Å². The lowest BCUT2D eigenvalue weighted by atomic mass is 10.0. The fraction of sp³-hybridized carbons (Fsp3) is 0.643. The monoisotopic (exact) mass is 266 g/mol. The molecule has 1 fully saturated rings. The van der Waals surface area contributed by atoms with Crippen molar-refractivity contribution in [3.05, 3.63) is 21.4 Å². The molecule has 18 heavy (non-hydrogen) atoms. The molecule has 0 radical (unpaired) electrons. The molecule has 1 aromatic heterocycles. The van der Waals surface area contributed by atoms with Crippen molar-refractivity contribution in [2.75, 3.05) is 27.2 Å². The molecule has 1 aliphatic heterocycles. The second kappa shape index (κ2) is 5.41. The molecule has 1 aromatic rings. The second-order valence-corrected chi connectivity index (χ2v) is 6.56. The summed E-state index contributed by atoms with van der Waals surface area (Å²) in [6.07, 6.45) is 2.17. The molecule has 1 aliphatic rings. The first kappa shape index (κ1) is 13.6. The molecule has 100 valence electrons. The molecule has 0 aliphatic carbocycles. The average Bonchev–Trinajstić information content (AvgIpc) is 2.69. The average molecular weight is 266 g/mol. The number of hydrogen-bond acceptors (Lipinski definition) is 3. The predicted molar refractivity (Wildman–Crippen MR) is 76.4 cm³/mol. The Labute approximate surface area is 113 Å². The first-order chi connectivity index (χ1) is 8.49. The van der Waals surface area contributed by atoms with Crippen LogP contribution >= 0.6 is 11.3 Å². The quantitative estimate of drug-likeness (QED) is 0.821. The number of nitrogens with zero attached hydrogens (tertiary/aromatic N) is 2. The molecular formula is C14H22N2OS. The largest absolute Gasteiger partial charge is 0.338 e. The Morgan fingerprint density at radius 1 is 1.39 bits per heavy atom. The van der Waals surface area contributed by atoms with Crippen LogP contribution in [0, 0.1) is 13.8 Å². The zero-order valence-corrected chi connectivity index (χ0v) is 12.5. The first-order valence-corrected chi connectivity index (χ1v) is 7.33. The van der Waals surface area contributed by atoms with Crippen LogP contribution in [0.5, 0.6) is 0 Å². The Hall–Kier alpha value is -0.870. The van der Waals surface area contributed by atoms with E-state index in [4.69, 9.17) is 0 Å². The van der Waals surface area contributed by atoms with Gasteiger partial charge in [-0.3, -0.25) is 4.79 Å². The first-order valence-electron chi connectivity index (χ1n) is 6.51. The van der Waals surface area contributed by atoms with Crippen LogP contribution in [0.1, 0.15) is 33.0 Å². The number of carbonyl (C=O) groups is 1. The minimum absolute atomic E-state index is 0.186. The van der Waals surface area contributed by atoms with E-state index in [1.165, 1.54) is 10.4 Å². The van der Waals surface area contributed by atoms with Gasteiger partial charge in [-0.1, -0.05) is 0 Å². The lowest BCUT2D eigenvalue weighted by molar-refractivity contribution is 0.0664. The van der Waals surface area contributed by atoms with E-state index in [0.717, 1.165) is 30.8 Å². The van der Waals surface area contributed by atoms with Crippen molar-refractivity contribution < 1.29 is 4.79 Å². The second-order valence-electron chi connectivity index (χ2n) is 5.30. The highest BCUT2D eigenvalue weighted by atomic mass is 32.1. The van der Waals surface area contributed by atoms with E-state index >= 15 is 0 Å². The molecule has 0 bridgehead atoms. The minimum Gasteiger partial charge on any atom is -0.338 e. The number of hydrogen-bond donors (Lipinski definition) is 0. The number of amides is 1. The molecule has 0 saturated carbocycles. The standard InChI is InChI=1S/C14H22N2OS/c1-10-9-13(18-11(10)2)14(17)16(4)12-5-7-15(3)8-6-12/h9,12H,5-8H2,1-4H3. The maximum atomic E-state index is 12.4. The number of carbonyl (C=O) groups excluding carboxylic acids is 1. The summed E-state index contributed by atoms with van der Waals surface area (Å²) in [7, 11) is 4.09. The van der Waals surface area contributed by atoms with E-state index in [2.05, 4.69) is 25.8 Å². The molecule has 0 N–H and O–H groups in total. The third-order valence-corrected chi connectivity index (χ3v) is 5.07. The molecule has 0 spiro atoms. The molecule has 0 aromatic carbocycles. The van der Waals surface area contributed by atoms with Gasteiger partial charge in [0.1, 0.15) is 0 Å². The summed E-state index contributed by atoms with van der Waals surface area (Å²) in [6.45, 7) is 6.32. The highest BCUT2D eigenvalue weighted by Gasteiger charge is 2.25. The number of likely N-dealkylation sites (tertiary alicyclic amines) is 1. The van der Waals surface area contributed by atoms with Crippen molar-refractivity contribution in [2.45, 2.75) is 32.7 Å². The molecule has 2 rings (SSSR count). The van der Waals surface area contributed by atoms with Crippen molar-refractivity contribution >= 4 is 17.2 Å². The van der Waals surface area contributed by atoms with Gasteiger partial charge in [-0.15, -0.1) is 11.3 Å². The summed E-state index contributed by atoms with van der Waals surface area (Å²) in [5, 5.41) is 0. The maximum Gasteiger partial charge on any atom is 0.263 e. The summed E-state index contributed by atoms with van der Waals surface area (Å²) >= 11 is 1.61. The summed E-state index contributed by atoms with van der Waals surface area (Å²) < 4.78 is 0. The predicted octanol–water partition coefficient (Wildman–Crippen LogP) is 2.53. The van der Waals surface area contributed by atoms with E-state index < -0.39 is 0 Å². The van der Waals surface area contributed by atoms with Gasteiger partial charge in [0.05, 0.1) is 4.88 Å². The van der Waals surface area contributed by atoms with Crippen LogP contribution in [0.2, 0.25) is 0 Å². The fourth-order valence-electron chi connectivity index (χ4n) is 2.40. The number of thiophene rings is 1. The van der Waals surface area contributed by atoms with Gasteiger partial charge in [-0.25, -0.2) is 0 Å². The Balaban J connectivity index is 2.04. The zero-order chi connectivity index (χ0) is 13.3. The zero-order valence-electron chi connectivity index (χ0n) is 11.7. The van der Waals surface area contributed by atoms with Gasteiger partial charge in [0.25, 0.3) is 5.91 Å². The van der Waals surface area contributed by atoms with E-state index in [-0.39, 0.29) is 5.91 Å². The van der Waals surface area contributed by atoms with Gasteiger partial charge in [0.15, 0.2) is 0 Å². The number of rotatable bonds is 2. The van der Waals surface area contributed by atoms with Crippen LogP contribution in [0.15, 0.2) is 6.07 Å². The summed E-state index contributed by atoms with van der Waals surface area (Å²) in [6, 6.07) is 2.42. The van der Waals surface area contributed by atoms with Crippen molar-refractivity contribution in [3.63, 3.8) is 0 Å². The van der Waals surface area contributed by atoms with E-state index in [1.807, 2.05) is 18.0 Å². The van der Waals surface area contributed by atoms with Crippen LogP contribution in [-0.4, -0.2) is 48.9 Å². The highest BCUT2D eigenvalue weighted by molar-refractivity contribution is 7.14. The molecular weight excluding hydrogens is 244 g/mol. The Morgan fingerprint density at radius 3 is 2.50 bits per heavy atom. The molecule has 1 saturated heterocycles. The molecule has 4 heteroatoms. The normalized spacial score (nSPS) is 18.0. The molecule has 2 heterocycles. The minimum atomic E-state index is 0.186. The third-order valence-electron chi connectivity index (χ3n) is 3.93. The van der Waals surface area contributed by atoms with Crippen molar-refractivity contribution in [1.29, 1.82) is 0 Å². The van der Waals surface area contributed by atoms with Crippen LogP contribution in [0.3, 0.4) is 0 Å². The Bertz CT molecular complexity index is 414. The van der Waals surface area contributed by atoms with Gasteiger partial charge in [-0.05, 0) is 58.5 Å². The lowest BCUT2D eigenvalue weighted by Crippen LogP contribution is -2.44. The van der Waals surface area contributed by atoms with Crippen LogP contribution in [0.25, 0.3) is 0 Å². The number of piperidine rings is 1. The lowest BCUT2D eigenvalue weighted by Gasteiger charge is -2.34. The summed E-state index contributed by atoms with van der Waals surface area (Å²) in [4.78, 5) is 18.8. The van der Waals surface area contributed by atoms with E-state index in [9.17, 15) is 4.79 Å². The topological polar surface area (TPSA) is 23.6 Å². The SMILES string of the molecule is Cc1cc(C(=O)N(C)C2CCN(C)CC2)sc1C.